The number of halogens is 1. The lowest BCUT2D eigenvalue weighted by atomic mass is 10.0. The van der Waals surface area contributed by atoms with Gasteiger partial charge < -0.3 is 14.6 Å². The van der Waals surface area contributed by atoms with Gasteiger partial charge >= 0.3 is 0 Å². The fourth-order valence-electron chi connectivity index (χ4n) is 2.01. The fraction of sp³-hybridized carbons (Fsp3) is 0.188. The summed E-state index contributed by atoms with van der Waals surface area (Å²) < 4.78 is 10.2. The molecule has 0 aliphatic rings. The smallest absolute Gasteiger partial charge is 0.174 e. The Morgan fingerprint density at radius 2 is 1.81 bits per heavy atom. The SMILES string of the molecule is COc1cc(O)c(C(=O)Cc2ccc(Cl)cc2)c(OC)c1. The number of methoxy groups -OCH3 is 2. The van der Waals surface area contributed by atoms with Crippen LogP contribution in [0, 0.1) is 0 Å². The number of ketones is 1. The average molecular weight is 307 g/mol. The highest BCUT2D eigenvalue weighted by molar-refractivity contribution is 6.30. The van der Waals surface area contributed by atoms with Crippen LogP contribution < -0.4 is 9.47 Å². The first-order valence-electron chi connectivity index (χ1n) is 6.27. The lowest BCUT2D eigenvalue weighted by molar-refractivity contribution is 0.0987. The van der Waals surface area contributed by atoms with E-state index in [0.29, 0.717) is 10.8 Å². The van der Waals surface area contributed by atoms with Gasteiger partial charge in [0.15, 0.2) is 5.78 Å². The zero-order chi connectivity index (χ0) is 15.4. The predicted molar refractivity (Wildman–Crippen MR) is 80.7 cm³/mol. The highest BCUT2D eigenvalue weighted by atomic mass is 35.5. The molecule has 0 bridgehead atoms. The van der Waals surface area contributed by atoms with Crippen molar-refractivity contribution in [2.75, 3.05) is 14.2 Å². The van der Waals surface area contributed by atoms with Crippen molar-refractivity contribution in [3.05, 3.63) is 52.5 Å². The molecule has 0 heterocycles. The van der Waals surface area contributed by atoms with E-state index in [9.17, 15) is 9.90 Å². The van der Waals surface area contributed by atoms with Crippen LogP contribution in [0.25, 0.3) is 0 Å². The van der Waals surface area contributed by atoms with E-state index in [1.165, 1.54) is 20.3 Å². The summed E-state index contributed by atoms with van der Waals surface area (Å²) in [6.07, 6.45) is 0.146. The molecule has 2 aromatic rings. The van der Waals surface area contributed by atoms with Gasteiger partial charge in [0.05, 0.1) is 14.2 Å². The number of benzene rings is 2. The molecule has 0 unspecified atom stereocenters. The normalized spacial score (nSPS) is 10.2. The summed E-state index contributed by atoms with van der Waals surface area (Å²) in [5, 5.41) is 10.6. The monoisotopic (exact) mass is 306 g/mol. The standard InChI is InChI=1S/C16H15ClO4/c1-20-12-8-14(19)16(15(9-12)21-2)13(18)7-10-3-5-11(17)6-4-10/h3-6,8-9,19H,7H2,1-2H3. The van der Waals surface area contributed by atoms with Crippen molar-refractivity contribution in [2.24, 2.45) is 0 Å². The van der Waals surface area contributed by atoms with E-state index >= 15 is 0 Å². The van der Waals surface area contributed by atoms with Crippen molar-refractivity contribution >= 4 is 17.4 Å². The summed E-state index contributed by atoms with van der Waals surface area (Å²) in [4.78, 5) is 12.4. The zero-order valence-corrected chi connectivity index (χ0v) is 12.5. The number of aromatic hydroxyl groups is 1. The zero-order valence-electron chi connectivity index (χ0n) is 11.7. The van der Waals surface area contributed by atoms with Gasteiger partial charge in [0, 0.05) is 23.6 Å². The third kappa shape index (κ3) is 3.47. The highest BCUT2D eigenvalue weighted by Crippen LogP contribution is 2.34. The van der Waals surface area contributed by atoms with Crippen LogP contribution in [0.3, 0.4) is 0 Å². The Bertz CT molecular complexity index is 650. The van der Waals surface area contributed by atoms with Gasteiger partial charge in [-0.3, -0.25) is 4.79 Å². The minimum absolute atomic E-state index is 0.146. The third-order valence-electron chi connectivity index (χ3n) is 3.07. The van der Waals surface area contributed by atoms with Crippen LogP contribution in [-0.2, 0) is 6.42 Å². The minimum Gasteiger partial charge on any atom is -0.507 e. The number of hydrogen-bond acceptors (Lipinski definition) is 4. The van der Waals surface area contributed by atoms with Gasteiger partial charge in [-0.1, -0.05) is 23.7 Å². The van der Waals surface area contributed by atoms with Gasteiger partial charge in [0.1, 0.15) is 22.8 Å². The molecule has 0 spiro atoms. The number of phenolic OH excluding ortho intramolecular Hbond substituents is 1. The predicted octanol–water partition coefficient (Wildman–Crippen LogP) is 3.49. The summed E-state index contributed by atoms with van der Waals surface area (Å²) in [5.41, 5.74) is 0.954. The van der Waals surface area contributed by atoms with Gasteiger partial charge in [0.2, 0.25) is 0 Å². The number of Topliss-reactive ketones (excluding diaryl/α,β-unsaturated/α-hetero) is 1. The van der Waals surface area contributed by atoms with Crippen LogP contribution in [0.1, 0.15) is 15.9 Å². The minimum atomic E-state index is -0.241. The van der Waals surface area contributed by atoms with Gasteiger partial charge in [-0.15, -0.1) is 0 Å². The summed E-state index contributed by atoms with van der Waals surface area (Å²) in [5.74, 6) is 0.303. The Kier molecular flexibility index (Phi) is 4.70. The van der Waals surface area contributed by atoms with E-state index in [2.05, 4.69) is 0 Å². The summed E-state index contributed by atoms with van der Waals surface area (Å²) in [6.45, 7) is 0. The van der Waals surface area contributed by atoms with Crippen LogP contribution in [0.15, 0.2) is 36.4 Å². The molecule has 21 heavy (non-hydrogen) atoms. The number of carbonyl (C=O) groups is 1. The molecule has 110 valence electrons. The first kappa shape index (κ1) is 15.2. The molecule has 0 saturated carbocycles. The number of ether oxygens (including phenoxy) is 2. The number of carbonyl (C=O) groups excluding carboxylic acids is 1. The molecule has 0 amide bonds. The molecule has 1 N–H and O–H groups in total. The second kappa shape index (κ2) is 6.50. The Balaban J connectivity index is 2.32. The summed E-state index contributed by atoms with van der Waals surface area (Å²) in [7, 11) is 2.91. The average Bonchev–Trinajstić information content (AvgIpc) is 2.48. The van der Waals surface area contributed by atoms with E-state index in [4.69, 9.17) is 21.1 Å². The molecular weight excluding hydrogens is 292 g/mol. The van der Waals surface area contributed by atoms with E-state index in [-0.39, 0.29) is 29.3 Å². The van der Waals surface area contributed by atoms with Gasteiger partial charge in [-0.2, -0.15) is 0 Å². The van der Waals surface area contributed by atoms with Gasteiger partial charge in [-0.05, 0) is 17.7 Å². The molecule has 2 aromatic carbocycles. The molecule has 0 aromatic heterocycles. The first-order valence-corrected chi connectivity index (χ1v) is 6.65. The van der Waals surface area contributed by atoms with Crippen molar-refractivity contribution in [1.29, 1.82) is 0 Å². The second-order valence-corrected chi connectivity index (χ2v) is 4.89. The molecule has 4 nitrogen and oxygen atoms in total. The van der Waals surface area contributed by atoms with Crippen molar-refractivity contribution in [1.82, 2.24) is 0 Å². The number of hydrogen-bond donors (Lipinski definition) is 1. The van der Waals surface area contributed by atoms with Crippen LogP contribution >= 0.6 is 11.6 Å². The molecule has 0 aliphatic carbocycles. The highest BCUT2D eigenvalue weighted by Gasteiger charge is 2.19. The maximum Gasteiger partial charge on any atom is 0.174 e. The maximum absolute atomic E-state index is 12.4. The molecule has 2 rings (SSSR count). The molecular formula is C16H15ClO4. The summed E-state index contributed by atoms with van der Waals surface area (Å²) in [6, 6.07) is 9.93. The number of phenols is 1. The Hall–Kier alpha value is -2.20. The summed E-state index contributed by atoms with van der Waals surface area (Å²) >= 11 is 5.81. The molecule has 0 fully saturated rings. The maximum atomic E-state index is 12.4. The first-order chi connectivity index (χ1) is 10.0. The molecule has 0 atom stereocenters. The van der Waals surface area contributed by atoms with E-state index in [0.717, 1.165) is 5.56 Å². The van der Waals surface area contributed by atoms with Crippen molar-refractivity contribution < 1.29 is 19.4 Å². The molecule has 0 aliphatic heterocycles. The van der Waals surface area contributed by atoms with Gasteiger partial charge in [-0.25, -0.2) is 0 Å². The van der Waals surface area contributed by atoms with Crippen molar-refractivity contribution in [3.63, 3.8) is 0 Å². The van der Waals surface area contributed by atoms with Gasteiger partial charge in [0.25, 0.3) is 0 Å². The lowest BCUT2D eigenvalue weighted by Crippen LogP contribution is -2.06. The van der Waals surface area contributed by atoms with Crippen LogP contribution in [0.2, 0.25) is 5.02 Å². The third-order valence-corrected chi connectivity index (χ3v) is 3.32. The lowest BCUT2D eigenvalue weighted by Gasteiger charge is -2.12. The van der Waals surface area contributed by atoms with Crippen LogP contribution in [0.5, 0.6) is 17.2 Å². The molecule has 5 heteroatoms. The Morgan fingerprint density at radius 1 is 1.14 bits per heavy atom. The molecule has 0 saturated heterocycles. The second-order valence-electron chi connectivity index (χ2n) is 4.45. The largest absolute Gasteiger partial charge is 0.507 e. The quantitative estimate of drug-likeness (QED) is 0.859. The van der Waals surface area contributed by atoms with Crippen molar-refractivity contribution in [3.8, 4) is 17.2 Å². The van der Waals surface area contributed by atoms with E-state index in [1.807, 2.05) is 0 Å². The topological polar surface area (TPSA) is 55.8 Å². The van der Waals surface area contributed by atoms with E-state index in [1.54, 1.807) is 30.3 Å². The van der Waals surface area contributed by atoms with Crippen molar-refractivity contribution in [2.45, 2.75) is 6.42 Å². The molecule has 0 radical (unpaired) electrons. The Morgan fingerprint density at radius 3 is 2.38 bits per heavy atom. The Labute approximate surface area is 127 Å². The van der Waals surface area contributed by atoms with Crippen LogP contribution in [-0.4, -0.2) is 25.1 Å². The van der Waals surface area contributed by atoms with E-state index < -0.39 is 0 Å². The fourth-order valence-corrected chi connectivity index (χ4v) is 2.14. The number of rotatable bonds is 5. The van der Waals surface area contributed by atoms with Crippen LogP contribution in [0.4, 0.5) is 0 Å².